The first-order valence-electron chi connectivity index (χ1n) is 4.01. The zero-order valence-electron chi connectivity index (χ0n) is 7.51. The second kappa shape index (κ2) is 5.78. The molecule has 5 heteroatoms. The summed E-state index contributed by atoms with van der Waals surface area (Å²) in [4.78, 5) is 0. The van der Waals surface area contributed by atoms with Crippen molar-refractivity contribution in [1.82, 2.24) is 4.72 Å². The van der Waals surface area contributed by atoms with Gasteiger partial charge in [-0.3, -0.25) is 0 Å². The fraction of sp³-hybridized carbons (Fsp3) is 1.00. The van der Waals surface area contributed by atoms with Crippen LogP contribution in [0.15, 0.2) is 0 Å². The molecule has 0 aliphatic rings. The molecule has 12 heavy (non-hydrogen) atoms. The van der Waals surface area contributed by atoms with Crippen molar-refractivity contribution in [2.45, 2.75) is 20.3 Å². The molecule has 0 amide bonds. The zero-order chi connectivity index (χ0) is 9.61. The van der Waals surface area contributed by atoms with E-state index in [1.54, 1.807) is 0 Å². The number of hydrogen-bond acceptors (Lipinski definition) is 2. The lowest BCUT2D eigenvalue weighted by atomic mass is 10.3. The molecule has 1 N–H and O–H groups in total. The molecule has 74 valence electrons. The Morgan fingerprint density at radius 3 is 2.42 bits per heavy atom. The molecule has 0 unspecified atom stereocenters. The molecular weight excluding hydrogens is 198 g/mol. The van der Waals surface area contributed by atoms with E-state index in [4.69, 9.17) is 11.6 Å². The lowest BCUT2D eigenvalue weighted by molar-refractivity contribution is 0.567. The second-order valence-corrected chi connectivity index (χ2v) is 5.34. The smallest absolute Gasteiger partial charge is 0.211 e. The van der Waals surface area contributed by atoms with Gasteiger partial charge in [0.05, 0.1) is 5.75 Å². The van der Waals surface area contributed by atoms with Gasteiger partial charge < -0.3 is 0 Å². The summed E-state index contributed by atoms with van der Waals surface area (Å²) in [6.07, 6.45) is 0.679. The van der Waals surface area contributed by atoms with E-state index < -0.39 is 10.0 Å². The Hall–Kier alpha value is 0.200. The van der Waals surface area contributed by atoms with Crippen LogP contribution in [0.25, 0.3) is 0 Å². The highest BCUT2D eigenvalue weighted by atomic mass is 35.5. The average molecular weight is 214 g/mol. The van der Waals surface area contributed by atoms with Gasteiger partial charge in [-0.05, 0) is 12.3 Å². The monoisotopic (exact) mass is 213 g/mol. The third-order valence-electron chi connectivity index (χ3n) is 1.19. The molecule has 0 atom stereocenters. The lowest BCUT2D eigenvalue weighted by Gasteiger charge is -2.07. The van der Waals surface area contributed by atoms with E-state index >= 15 is 0 Å². The number of nitrogens with one attached hydrogen (secondary N) is 1. The predicted molar refractivity (Wildman–Crippen MR) is 52.0 cm³/mol. The Labute approximate surface area is 79.5 Å². The van der Waals surface area contributed by atoms with Crippen LogP contribution in [0.1, 0.15) is 20.3 Å². The molecule has 0 bridgehead atoms. The third kappa shape index (κ3) is 6.88. The highest BCUT2D eigenvalue weighted by molar-refractivity contribution is 7.89. The van der Waals surface area contributed by atoms with Gasteiger partial charge in [0, 0.05) is 12.4 Å². The van der Waals surface area contributed by atoms with Gasteiger partial charge in [-0.2, -0.15) is 0 Å². The van der Waals surface area contributed by atoms with Crippen LogP contribution in [0.5, 0.6) is 0 Å². The quantitative estimate of drug-likeness (QED) is 0.532. The van der Waals surface area contributed by atoms with Crippen LogP contribution in [0.2, 0.25) is 0 Å². The fourth-order valence-electron chi connectivity index (χ4n) is 0.792. The fourth-order valence-corrected chi connectivity index (χ4v) is 2.38. The minimum absolute atomic E-state index is 0.165. The summed E-state index contributed by atoms with van der Waals surface area (Å²) < 4.78 is 24.8. The summed E-state index contributed by atoms with van der Waals surface area (Å²) in [5.74, 6) is 0.845. The van der Waals surface area contributed by atoms with Crippen LogP contribution in [0.4, 0.5) is 0 Å². The minimum atomic E-state index is -3.06. The molecule has 0 aromatic rings. The summed E-state index contributed by atoms with van der Waals surface area (Å²) >= 11 is 5.40. The number of alkyl halides is 1. The number of halogens is 1. The van der Waals surface area contributed by atoms with Crippen LogP contribution < -0.4 is 4.72 Å². The Balaban J connectivity index is 3.73. The van der Waals surface area contributed by atoms with E-state index in [0.29, 0.717) is 18.8 Å². The van der Waals surface area contributed by atoms with Gasteiger partial charge >= 0.3 is 0 Å². The molecule has 0 spiro atoms. The number of rotatable bonds is 6. The molecular formula is C7H16ClNO2S. The largest absolute Gasteiger partial charge is 0.215 e. The van der Waals surface area contributed by atoms with E-state index in [1.165, 1.54) is 0 Å². The van der Waals surface area contributed by atoms with Gasteiger partial charge in [0.15, 0.2) is 0 Å². The van der Waals surface area contributed by atoms with Gasteiger partial charge in [0.2, 0.25) is 10.0 Å². The van der Waals surface area contributed by atoms with E-state index in [-0.39, 0.29) is 11.7 Å². The van der Waals surface area contributed by atoms with Crippen LogP contribution in [-0.4, -0.2) is 26.6 Å². The van der Waals surface area contributed by atoms with E-state index in [1.807, 2.05) is 13.8 Å². The molecule has 0 rings (SSSR count). The van der Waals surface area contributed by atoms with Gasteiger partial charge in [0.1, 0.15) is 0 Å². The van der Waals surface area contributed by atoms with Crippen LogP contribution in [-0.2, 0) is 10.0 Å². The molecule has 0 fully saturated rings. The van der Waals surface area contributed by atoms with Crippen molar-refractivity contribution in [3.05, 3.63) is 0 Å². The predicted octanol–water partition coefficient (Wildman–Crippen LogP) is 1.19. The summed E-state index contributed by atoms with van der Waals surface area (Å²) in [5.41, 5.74) is 0. The van der Waals surface area contributed by atoms with Gasteiger partial charge in [-0.25, -0.2) is 13.1 Å². The van der Waals surface area contributed by atoms with Gasteiger partial charge in [0.25, 0.3) is 0 Å². The minimum Gasteiger partial charge on any atom is -0.215 e. The standard InChI is InChI=1S/C7H16ClNO2S/c1-7(2)6-12(10,11)9-5-3-4-8/h7,9H,3-6H2,1-2H3. The maximum atomic E-state index is 11.2. The molecule has 0 aromatic carbocycles. The first kappa shape index (κ1) is 12.2. The van der Waals surface area contributed by atoms with E-state index in [9.17, 15) is 8.42 Å². The summed E-state index contributed by atoms with van der Waals surface area (Å²) in [6.45, 7) is 4.19. The van der Waals surface area contributed by atoms with Crippen molar-refractivity contribution in [2.24, 2.45) is 5.92 Å². The first-order chi connectivity index (χ1) is 5.48. The van der Waals surface area contributed by atoms with Crippen molar-refractivity contribution >= 4 is 21.6 Å². The van der Waals surface area contributed by atoms with Crippen molar-refractivity contribution in [2.75, 3.05) is 18.2 Å². The van der Waals surface area contributed by atoms with E-state index in [2.05, 4.69) is 4.72 Å². The Kier molecular flexibility index (Phi) is 5.88. The maximum absolute atomic E-state index is 11.2. The molecule has 0 saturated heterocycles. The second-order valence-electron chi connectivity index (χ2n) is 3.11. The summed E-state index contributed by atoms with van der Waals surface area (Å²) in [5, 5.41) is 0. The summed E-state index contributed by atoms with van der Waals surface area (Å²) in [7, 11) is -3.06. The zero-order valence-corrected chi connectivity index (χ0v) is 9.08. The Morgan fingerprint density at radius 2 is 2.00 bits per heavy atom. The van der Waals surface area contributed by atoms with Crippen molar-refractivity contribution in [3.63, 3.8) is 0 Å². The van der Waals surface area contributed by atoms with Crippen LogP contribution in [0.3, 0.4) is 0 Å². The van der Waals surface area contributed by atoms with Crippen molar-refractivity contribution < 1.29 is 8.42 Å². The number of sulfonamides is 1. The first-order valence-corrected chi connectivity index (χ1v) is 6.20. The molecule has 0 radical (unpaired) electrons. The van der Waals surface area contributed by atoms with Gasteiger partial charge in [-0.15, -0.1) is 11.6 Å². The third-order valence-corrected chi connectivity index (χ3v) is 3.20. The normalized spacial score (nSPS) is 12.3. The highest BCUT2D eigenvalue weighted by Crippen LogP contribution is 1.97. The summed E-state index contributed by atoms with van der Waals surface area (Å²) in [6, 6.07) is 0. The molecule has 0 aromatic heterocycles. The number of hydrogen-bond donors (Lipinski definition) is 1. The average Bonchev–Trinajstić information content (AvgIpc) is 1.84. The highest BCUT2D eigenvalue weighted by Gasteiger charge is 2.10. The lowest BCUT2D eigenvalue weighted by Crippen LogP contribution is -2.29. The SMILES string of the molecule is CC(C)CS(=O)(=O)NCCCCl. The molecule has 0 aliphatic heterocycles. The Morgan fingerprint density at radius 1 is 1.42 bits per heavy atom. The maximum Gasteiger partial charge on any atom is 0.211 e. The van der Waals surface area contributed by atoms with Crippen LogP contribution in [0, 0.1) is 5.92 Å². The topological polar surface area (TPSA) is 46.2 Å². The molecule has 0 aliphatic carbocycles. The van der Waals surface area contributed by atoms with Crippen LogP contribution >= 0.6 is 11.6 Å². The van der Waals surface area contributed by atoms with Crippen molar-refractivity contribution in [1.29, 1.82) is 0 Å². The molecule has 0 saturated carbocycles. The van der Waals surface area contributed by atoms with Crippen molar-refractivity contribution in [3.8, 4) is 0 Å². The van der Waals surface area contributed by atoms with E-state index in [0.717, 1.165) is 0 Å². The Bertz CT molecular complexity index is 201. The molecule has 3 nitrogen and oxygen atoms in total. The molecule has 0 heterocycles. The van der Waals surface area contributed by atoms with Gasteiger partial charge in [-0.1, -0.05) is 13.8 Å².